The number of hydrogen-bond acceptors (Lipinski definition) is 4. The number of carbonyl (C=O) groups is 1. The molecule has 0 bridgehead atoms. The highest BCUT2D eigenvalue weighted by atomic mass is 16.1. The van der Waals surface area contributed by atoms with Crippen LogP contribution in [0.4, 0.5) is 0 Å². The number of hydrogen-bond donors (Lipinski definition) is 1. The Morgan fingerprint density at radius 3 is 3.00 bits per heavy atom. The predicted molar refractivity (Wildman–Crippen MR) is 75.8 cm³/mol. The molecule has 6 heteroatoms. The van der Waals surface area contributed by atoms with Crippen molar-refractivity contribution in [3.63, 3.8) is 0 Å². The molecule has 1 N–H and O–H groups in total. The third-order valence-electron chi connectivity index (χ3n) is 4.12. The fourth-order valence-electron chi connectivity index (χ4n) is 2.78. The molecule has 2 aromatic heterocycles. The number of aryl methyl sites for hydroxylation is 1. The van der Waals surface area contributed by atoms with E-state index in [1.165, 1.54) is 0 Å². The summed E-state index contributed by atoms with van der Waals surface area (Å²) in [5, 5.41) is 3.07. The molecule has 6 nitrogen and oxygen atoms in total. The summed E-state index contributed by atoms with van der Waals surface area (Å²) in [6.45, 7) is 0.779. The van der Waals surface area contributed by atoms with Crippen LogP contribution in [-0.2, 0) is 13.0 Å². The van der Waals surface area contributed by atoms with Gasteiger partial charge in [0.05, 0.1) is 0 Å². The average Bonchev–Trinajstić information content (AvgIpc) is 3.26. The maximum atomic E-state index is 12.3. The van der Waals surface area contributed by atoms with Gasteiger partial charge in [-0.1, -0.05) is 0 Å². The van der Waals surface area contributed by atoms with Gasteiger partial charge in [0.2, 0.25) is 0 Å². The molecular formula is C15H17N5O. The number of nitrogens with zero attached hydrogens (tertiary/aromatic N) is 4. The van der Waals surface area contributed by atoms with Crippen LogP contribution in [0.5, 0.6) is 0 Å². The first-order valence-corrected chi connectivity index (χ1v) is 7.43. The first-order chi connectivity index (χ1) is 10.3. The van der Waals surface area contributed by atoms with Gasteiger partial charge in [-0.15, -0.1) is 0 Å². The van der Waals surface area contributed by atoms with Gasteiger partial charge in [-0.3, -0.25) is 4.79 Å². The summed E-state index contributed by atoms with van der Waals surface area (Å²) in [5.74, 6) is 2.26. The van der Waals surface area contributed by atoms with E-state index in [-0.39, 0.29) is 11.9 Å². The van der Waals surface area contributed by atoms with Gasteiger partial charge in [0.15, 0.2) is 0 Å². The van der Waals surface area contributed by atoms with Crippen LogP contribution in [0.25, 0.3) is 0 Å². The van der Waals surface area contributed by atoms with Gasteiger partial charge in [0.1, 0.15) is 17.3 Å². The summed E-state index contributed by atoms with van der Waals surface area (Å²) in [6, 6.07) is 1.82. The van der Waals surface area contributed by atoms with Crippen LogP contribution in [0.15, 0.2) is 24.7 Å². The zero-order chi connectivity index (χ0) is 14.2. The second kappa shape index (κ2) is 4.95. The smallest absolute Gasteiger partial charge is 0.270 e. The van der Waals surface area contributed by atoms with E-state index in [1.807, 2.05) is 12.4 Å². The Labute approximate surface area is 122 Å². The summed E-state index contributed by atoms with van der Waals surface area (Å²) < 4.78 is 2.10. The summed E-state index contributed by atoms with van der Waals surface area (Å²) in [5.41, 5.74) is 0.475. The normalized spacial score (nSPS) is 20.9. The minimum absolute atomic E-state index is 0.104. The molecule has 1 saturated carbocycles. The molecule has 0 aromatic carbocycles. The van der Waals surface area contributed by atoms with Crippen LogP contribution in [-0.4, -0.2) is 31.5 Å². The second-order valence-corrected chi connectivity index (χ2v) is 5.78. The lowest BCUT2D eigenvalue weighted by Crippen LogP contribution is -2.41. The van der Waals surface area contributed by atoms with Gasteiger partial charge >= 0.3 is 0 Å². The molecule has 2 aliphatic rings. The van der Waals surface area contributed by atoms with Crippen LogP contribution >= 0.6 is 0 Å². The Balaban J connectivity index is 1.45. The second-order valence-electron chi connectivity index (χ2n) is 5.78. The highest BCUT2D eigenvalue weighted by molar-refractivity contribution is 5.92. The SMILES string of the molecule is O=C(N[C@H]1CCc2nccn2C1)c1ccnc(C2CC2)n1. The minimum atomic E-state index is -0.104. The Kier molecular flexibility index (Phi) is 2.94. The van der Waals surface area contributed by atoms with Crippen LogP contribution < -0.4 is 5.32 Å². The summed E-state index contributed by atoms with van der Waals surface area (Å²) >= 11 is 0. The molecule has 0 radical (unpaired) electrons. The lowest BCUT2D eigenvalue weighted by molar-refractivity contribution is 0.0922. The maximum Gasteiger partial charge on any atom is 0.270 e. The Morgan fingerprint density at radius 1 is 1.24 bits per heavy atom. The molecule has 1 aliphatic carbocycles. The monoisotopic (exact) mass is 283 g/mol. The zero-order valence-electron chi connectivity index (χ0n) is 11.7. The molecule has 1 aliphatic heterocycles. The van der Waals surface area contributed by atoms with E-state index in [0.29, 0.717) is 11.6 Å². The molecule has 0 unspecified atom stereocenters. The van der Waals surface area contributed by atoms with Gasteiger partial charge < -0.3 is 9.88 Å². The van der Waals surface area contributed by atoms with Crippen molar-refractivity contribution >= 4 is 5.91 Å². The molecule has 1 atom stereocenters. The Bertz CT molecular complexity index is 676. The molecule has 21 heavy (non-hydrogen) atoms. The molecule has 1 fully saturated rings. The molecule has 4 rings (SSSR count). The molecule has 0 spiro atoms. The number of amides is 1. The standard InChI is InChI=1S/C15H17N5O/c21-15(12-5-6-17-14(19-12)10-1-2-10)18-11-3-4-13-16-7-8-20(13)9-11/h5-8,10-11H,1-4,9H2,(H,18,21)/t11-/m0/s1. The fourth-order valence-corrected chi connectivity index (χ4v) is 2.78. The Morgan fingerprint density at radius 2 is 2.14 bits per heavy atom. The summed E-state index contributed by atoms with van der Waals surface area (Å²) in [7, 11) is 0. The fraction of sp³-hybridized carbons (Fsp3) is 0.467. The number of fused-ring (bicyclic) bond motifs is 1. The molecule has 1 amide bonds. The highest BCUT2D eigenvalue weighted by Gasteiger charge is 2.27. The van der Waals surface area contributed by atoms with Gasteiger partial charge in [-0.05, 0) is 25.3 Å². The van der Waals surface area contributed by atoms with Gasteiger partial charge in [0.25, 0.3) is 5.91 Å². The number of nitrogens with one attached hydrogen (secondary N) is 1. The van der Waals surface area contributed by atoms with Crippen LogP contribution in [0.2, 0.25) is 0 Å². The topological polar surface area (TPSA) is 72.7 Å². The predicted octanol–water partition coefficient (Wildman–Crippen LogP) is 1.30. The van der Waals surface area contributed by atoms with E-state index in [1.54, 1.807) is 12.3 Å². The molecule has 3 heterocycles. The Hall–Kier alpha value is -2.24. The lowest BCUT2D eigenvalue weighted by Gasteiger charge is -2.24. The lowest BCUT2D eigenvalue weighted by atomic mass is 10.1. The van der Waals surface area contributed by atoms with Crippen molar-refractivity contribution in [2.24, 2.45) is 0 Å². The molecule has 108 valence electrons. The van der Waals surface area contributed by atoms with E-state index >= 15 is 0 Å². The van der Waals surface area contributed by atoms with Crippen molar-refractivity contribution in [1.82, 2.24) is 24.8 Å². The first kappa shape index (κ1) is 12.5. The number of aromatic nitrogens is 4. The average molecular weight is 283 g/mol. The third-order valence-corrected chi connectivity index (χ3v) is 4.12. The molecule has 2 aromatic rings. The van der Waals surface area contributed by atoms with Crippen molar-refractivity contribution in [2.45, 2.75) is 44.2 Å². The molecule has 0 saturated heterocycles. The van der Waals surface area contributed by atoms with Crippen LogP contribution in [0.3, 0.4) is 0 Å². The number of imidazole rings is 1. The van der Waals surface area contributed by atoms with E-state index in [4.69, 9.17) is 0 Å². The molecular weight excluding hydrogens is 266 g/mol. The van der Waals surface area contributed by atoms with Gasteiger partial charge in [-0.2, -0.15) is 0 Å². The first-order valence-electron chi connectivity index (χ1n) is 7.43. The summed E-state index contributed by atoms with van der Waals surface area (Å²) in [4.78, 5) is 25.3. The van der Waals surface area contributed by atoms with Gasteiger partial charge in [0, 0.05) is 43.5 Å². The third kappa shape index (κ3) is 2.53. The largest absolute Gasteiger partial charge is 0.346 e. The van der Waals surface area contributed by atoms with E-state index in [0.717, 1.165) is 43.9 Å². The van der Waals surface area contributed by atoms with Crippen molar-refractivity contribution in [3.05, 3.63) is 42.0 Å². The number of carbonyl (C=O) groups excluding carboxylic acids is 1. The maximum absolute atomic E-state index is 12.3. The van der Waals surface area contributed by atoms with E-state index in [2.05, 4.69) is 24.8 Å². The summed E-state index contributed by atoms with van der Waals surface area (Å²) in [6.07, 6.45) is 9.55. The van der Waals surface area contributed by atoms with Gasteiger partial charge in [-0.25, -0.2) is 15.0 Å². The van der Waals surface area contributed by atoms with Crippen molar-refractivity contribution in [1.29, 1.82) is 0 Å². The van der Waals surface area contributed by atoms with Crippen LogP contribution in [0, 0.1) is 0 Å². The zero-order valence-corrected chi connectivity index (χ0v) is 11.7. The van der Waals surface area contributed by atoms with E-state index < -0.39 is 0 Å². The van der Waals surface area contributed by atoms with Crippen molar-refractivity contribution in [2.75, 3.05) is 0 Å². The highest BCUT2D eigenvalue weighted by Crippen LogP contribution is 2.37. The van der Waals surface area contributed by atoms with Crippen LogP contribution in [0.1, 0.15) is 47.3 Å². The van der Waals surface area contributed by atoms with E-state index in [9.17, 15) is 4.79 Å². The minimum Gasteiger partial charge on any atom is -0.346 e. The number of rotatable bonds is 3. The quantitative estimate of drug-likeness (QED) is 0.921. The van der Waals surface area contributed by atoms with Crippen molar-refractivity contribution in [3.8, 4) is 0 Å². The van der Waals surface area contributed by atoms with Crippen molar-refractivity contribution < 1.29 is 4.79 Å².